The molecule has 0 radical (unpaired) electrons. The smallest absolute Gasteiger partial charge is 0.0562 e. The molecule has 0 N–H and O–H groups in total. The summed E-state index contributed by atoms with van der Waals surface area (Å²) in [6.45, 7) is 0. The molecule has 0 bridgehead atoms. The summed E-state index contributed by atoms with van der Waals surface area (Å²) in [6, 6.07) is 88.0. The van der Waals surface area contributed by atoms with E-state index in [9.17, 15) is 0 Å². The van der Waals surface area contributed by atoms with E-state index >= 15 is 0 Å². The first-order valence-electron chi connectivity index (χ1n) is 20.6. The molecule has 0 saturated carbocycles. The van der Waals surface area contributed by atoms with Crippen LogP contribution < -0.4 is 4.90 Å². The van der Waals surface area contributed by atoms with Crippen LogP contribution in [0.4, 0.5) is 17.1 Å². The number of para-hydroxylation sites is 3. The van der Waals surface area contributed by atoms with Crippen molar-refractivity contribution in [2.75, 3.05) is 4.90 Å². The third-order valence-corrected chi connectivity index (χ3v) is 11.8. The Balaban J connectivity index is 1.23. The maximum atomic E-state index is 2.50. The maximum absolute atomic E-state index is 2.50. The number of hydrogen-bond acceptors (Lipinski definition) is 1. The third-order valence-electron chi connectivity index (χ3n) is 11.8. The van der Waals surface area contributed by atoms with Crippen molar-refractivity contribution in [3.8, 4) is 50.2 Å². The van der Waals surface area contributed by atoms with Gasteiger partial charge in [0, 0.05) is 27.5 Å². The number of anilines is 3. The van der Waals surface area contributed by atoms with Crippen LogP contribution in [0, 0.1) is 0 Å². The molecule has 0 spiro atoms. The number of hydrogen-bond donors (Lipinski definition) is 0. The van der Waals surface area contributed by atoms with Crippen LogP contribution in [0.2, 0.25) is 0 Å². The van der Waals surface area contributed by atoms with Crippen molar-refractivity contribution < 1.29 is 0 Å². The molecule has 11 aromatic rings. The average Bonchev–Trinajstić information content (AvgIpc) is 3.67. The van der Waals surface area contributed by atoms with Crippen LogP contribution >= 0.6 is 0 Å². The van der Waals surface area contributed by atoms with E-state index in [1.54, 1.807) is 0 Å². The Morgan fingerprint density at radius 2 is 0.800 bits per heavy atom. The Bertz CT molecular complexity index is 3310. The fourth-order valence-electron chi connectivity index (χ4n) is 9.02. The van der Waals surface area contributed by atoms with Crippen molar-refractivity contribution in [2.45, 2.75) is 0 Å². The number of fused-ring (bicyclic) bond motifs is 4. The highest BCUT2D eigenvalue weighted by Crippen LogP contribution is 2.49. The summed E-state index contributed by atoms with van der Waals surface area (Å²) >= 11 is 0. The number of nitrogens with zero attached hydrogens (tertiary/aromatic N) is 2. The number of rotatable bonds is 8. The van der Waals surface area contributed by atoms with E-state index in [1.807, 2.05) is 0 Å². The predicted octanol–water partition coefficient (Wildman–Crippen LogP) is 16.1. The molecular formula is C58H40N2. The van der Waals surface area contributed by atoms with E-state index in [-0.39, 0.29) is 0 Å². The fraction of sp³-hybridized carbons (Fsp3) is 0. The molecule has 2 nitrogen and oxygen atoms in total. The van der Waals surface area contributed by atoms with E-state index in [0.717, 1.165) is 44.9 Å². The highest BCUT2D eigenvalue weighted by atomic mass is 15.2. The molecule has 0 aliphatic rings. The van der Waals surface area contributed by atoms with Crippen molar-refractivity contribution in [1.82, 2.24) is 4.57 Å². The van der Waals surface area contributed by atoms with Crippen LogP contribution in [-0.4, -0.2) is 4.57 Å². The molecule has 0 aliphatic carbocycles. The van der Waals surface area contributed by atoms with Gasteiger partial charge in [-0.1, -0.05) is 200 Å². The lowest BCUT2D eigenvalue weighted by molar-refractivity contribution is 1.18. The van der Waals surface area contributed by atoms with Crippen LogP contribution in [0.15, 0.2) is 243 Å². The van der Waals surface area contributed by atoms with E-state index in [4.69, 9.17) is 0 Å². The van der Waals surface area contributed by atoms with Crippen LogP contribution in [0.25, 0.3) is 82.8 Å². The van der Waals surface area contributed by atoms with Crippen molar-refractivity contribution >= 4 is 49.6 Å². The lowest BCUT2D eigenvalue weighted by atomic mass is 9.96. The normalized spacial score (nSPS) is 11.3. The Hall–Kier alpha value is -7.94. The lowest BCUT2D eigenvalue weighted by Crippen LogP contribution is -2.13. The monoisotopic (exact) mass is 764 g/mol. The second-order valence-electron chi connectivity index (χ2n) is 15.3. The summed E-state index contributed by atoms with van der Waals surface area (Å²) in [5.74, 6) is 0. The Kier molecular flexibility index (Phi) is 8.87. The quantitative estimate of drug-likeness (QED) is 0.150. The standard InChI is InChI=1S/C58H40N2/c1-4-19-41(20-5-1)46-37-38-50(44-24-8-3-9-25-44)57(40-46)60-54-32-17-14-29-51(54)58-55(33-18-34-56(58)60)59(52-30-15-12-27-48(52)43-22-6-2-7-23-43)53-31-16-13-28-49(53)47-36-35-42-21-10-11-26-45(42)39-47/h1-40H. The van der Waals surface area contributed by atoms with Gasteiger partial charge in [-0.3, -0.25) is 0 Å². The SMILES string of the molecule is c1ccc(-c2ccc(-c3ccccc3)c(-n3c4ccccc4c4c(N(c5ccccc5-c5ccccc5)c5ccccc5-c5ccc6ccccc6c5)cccc43)c2)cc1. The molecule has 11 rings (SSSR count). The van der Waals surface area contributed by atoms with Gasteiger partial charge in [0.05, 0.1) is 33.8 Å². The van der Waals surface area contributed by atoms with E-state index in [2.05, 4.69) is 252 Å². The minimum atomic E-state index is 1.11. The average molecular weight is 765 g/mol. The lowest BCUT2D eigenvalue weighted by Gasteiger charge is -2.30. The molecule has 0 atom stereocenters. The second-order valence-corrected chi connectivity index (χ2v) is 15.3. The molecule has 60 heavy (non-hydrogen) atoms. The van der Waals surface area contributed by atoms with Crippen molar-refractivity contribution in [1.29, 1.82) is 0 Å². The Labute approximate surface area is 350 Å². The van der Waals surface area contributed by atoms with Gasteiger partial charge in [0.2, 0.25) is 0 Å². The van der Waals surface area contributed by atoms with Crippen LogP contribution in [-0.2, 0) is 0 Å². The van der Waals surface area contributed by atoms with Gasteiger partial charge in [-0.15, -0.1) is 0 Å². The van der Waals surface area contributed by atoms with Gasteiger partial charge < -0.3 is 9.47 Å². The van der Waals surface area contributed by atoms with Gasteiger partial charge in [-0.2, -0.15) is 0 Å². The number of benzene rings is 10. The molecular weight excluding hydrogens is 725 g/mol. The summed E-state index contributed by atoms with van der Waals surface area (Å²) < 4.78 is 2.49. The largest absolute Gasteiger partial charge is 0.309 e. The first-order valence-corrected chi connectivity index (χ1v) is 20.6. The molecule has 1 aromatic heterocycles. The first kappa shape index (κ1) is 35.2. The summed E-state index contributed by atoms with van der Waals surface area (Å²) in [6.07, 6.45) is 0. The van der Waals surface area contributed by atoms with Gasteiger partial charge in [0.25, 0.3) is 0 Å². The summed E-state index contributed by atoms with van der Waals surface area (Å²) in [7, 11) is 0. The zero-order valence-electron chi connectivity index (χ0n) is 33.0. The fourth-order valence-corrected chi connectivity index (χ4v) is 9.02. The highest BCUT2D eigenvalue weighted by Gasteiger charge is 2.25. The van der Waals surface area contributed by atoms with E-state index in [1.165, 1.54) is 54.9 Å². The summed E-state index contributed by atoms with van der Waals surface area (Å²) in [5, 5.41) is 4.83. The third kappa shape index (κ3) is 6.14. The zero-order valence-corrected chi connectivity index (χ0v) is 33.0. The molecule has 0 aliphatic heterocycles. The topological polar surface area (TPSA) is 8.17 Å². The van der Waals surface area contributed by atoms with Crippen LogP contribution in [0.1, 0.15) is 0 Å². The van der Waals surface area contributed by atoms with Crippen molar-refractivity contribution in [2.24, 2.45) is 0 Å². The minimum Gasteiger partial charge on any atom is -0.309 e. The maximum Gasteiger partial charge on any atom is 0.0562 e. The van der Waals surface area contributed by atoms with Crippen molar-refractivity contribution in [3.05, 3.63) is 243 Å². The Morgan fingerprint density at radius 1 is 0.283 bits per heavy atom. The van der Waals surface area contributed by atoms with Crippen molar-refractivity contribution in [3.63, 3.8) is 0 Å². The molecule has 0 unspecified atom stereocenters. The van der Waals surface area contributed by atoms with Gasteiger partial charge in [0.15, 0.2) is 0 Å². The molecule has 2 heteroatoms. The van der Waals surface area contributed by atoms with Crippen LogP contribution in [0.5, 0.6) is 0 Å². The van der Waals surface area contributed by atoms with Crippen LogP contribution in [0.3, 0.4) is 0 Å². The zero-order chi connectivity index (χ0) is 39.8. The summed E-state index contributed by atoms with van der Waals surface area (Å²) in [4.78, 5) is 2.50. The van der Waals surface area contributed by atoms with Gasteiger partial charge in [-0.25, -0.2) is 0 Å². The molecule has 10 aromatic carbocycles. The molecule has 0 saturated heterocycles. The molecule has 282 valence electrons. The predicted molar refractivity (Wildman–Crippen MR) is 255 cm³/mol. The second kappa shape index (κ2) is 15.1. The number of aromatic nitrogens is 1. The van der Waals surface area contributed by atoms with Gasteiger partial charge >= 0.3 is 0 Å². The highest BCUT2D eigenvalue weighted by molar-refractivity contribution is 6.18. The molecule has 0 fully saturated rings. The Morgan fingerprint density at radius 3 is 1.52 bits per heavy atom. The summed E-state index contributed by atoms with van der Waals surface area (Å²) in [5.41, 5.74) is 16.1. The molecule has 0 amide bonds. The molecule has 1 heterocycles. The first-order chi connectivity index (χ1) is 29.8. The van der Waals surface area contributed by atoms with E-state index in [0.29, 0.717) is 0 Å². The van der Waals surface area contributed by atoms with E-state index < -0.39 is 0 Å². The van der Waals surface area contributed by atoms with Gasteiger partial charge in [-0.05, 0) is 81.1 Å². The minimum absolute atomic E-state index is 1.11. The van der Waals surface area contributed by atoms with Gasteiger partial charge in [0.1, 0.15) is 0 Å².